The van der Waals surface area contributed by atoms with Gasteiger partial charge < -0.3 is 62.8 Å². The molecule has 9 aromatic carbocycles. The lowest BCUT2D eigenvalue weighted by Crippen LogP contribution is -2.36. The fraction of sp³-hybridized carbons (Fsp3) is 0.259. The number of halogens is 1. The monoisotopic (exact) mass is 1360 g/mol. The van der Waals surface area contributed by atoms with Crippen LogP contribution in [0.5, 0.6) is 11.5 Å². The Morgan fingerprint density at radius 2 is 0.755 bits per heavy atom. The average Bonchev–Trinajstić information content (AvgIpc) is 1.61. The van der Waals surface area contributed by atoms with Crippen molar-refractivity contribution < 1.29 is 37.5 Å². The molecule has 0 bridgehead atoms. The van der Waals surface area contributed by atoms with Crippen LogP contribution in [0.15, 0.2) is 200 Å². The van der Waals surface area contributed by atoms with Gasteiger partial charge in [0.05, 0.1) is 94.5 Å². The number of nitrogens with one attached hydrogen (secondary N) is 3. The maximum atomic E-state index is 15.1. The van der Waals surface area contributed by atoms with Crippen LogP contribution in [-0.4, -0.2) is 132 Å². The quantitative estimate of drug-likeness (QED) is 0.0988. The van der Waals surface area contributed by atoms with Crippen LogP contribution in [0.1, 0.15) is 42.4 Å². The standard InChI is InChI=1S/C30H28FN3O3.C30H29N3O3.C25H21N3O/c31-26-17-21(4-6-29(26)34-10-14-36-15-11-34)28-18-25-24(2-1-3-27(25)33-28)20-5-7-30(22(16-20)19-32)37-23-8-12-35-13-9-23;31-20-23-17-21(7-8-30(23)36-25-9-13-34-14-10-25)26-5-2-6-28-27(26)19-29(32-28)22-3-1-4-24(18-22)33-11-15-35-16-12-33;26-17-18-3-1-4-20(15-18)22-5-2-6-24-23(22)16-25(27-24)19-7-9-21(10-8-19)28-11-13-29-14-12-28/h1-7,16-18,23,33H,8-15H2;1-8,17-19,25,32H,9-16H2;1-10,15-16,27H,11-14H2. The summed E-state index contributed by atoms with van der Waals surface area (Å²) in [5, 5.41) is 32.2. The number of aromatic amines is 3. The molecule has 3 N–H and O–H groups in total. The van der Waals surface area contributed by atoms with Gasteiger partial charge in [-0.25, -0.2) is 4.39 Å². The molecule has 0 saturated carbocycles. The molecule has 0 radical (unpaired) electrons. The molecule has 0 amide bonds. The molecule has 5 saturated heterocycles. The summed E-state index contributed by atoms with van der Waals surface area (Å²) in [6, 6.07) is 74.1. The van der Waals surface area contributed by atoms with Crippen molar-refractivity contribution >= 4 is 49.8 Å². The third-order valence-corrected chi connectivity index (χ3v) is 19.7. The number of aromatic nitrogens is 3. The lowest BCUT2D eigenvalue weighted by molar-refractivity contribution is 0.0252. The van der Waals surface area contributed by atoms with Crippen LogP contribution in [0.3, 0.4) is 0 Å². The predicted octanol–water partition coefficient (Wildman–Crippen LogP) is 16.9. The van der Waals surface area contributed by atoms with Gasteiger partial charge in [-0.05, 0) is 148 Å². The van der Waals surface area contributed by atoms with Crippen LogP contribution in [0.4, 0.5) is 21.5 Å². The SMILES string of the molecule is N#Cc1cc(-c2cccc3[nH]c(-c4ccc(N5CCOCC5)c(F)c4)cc23)ccc1OC1CCOCC1.N#Cc1cc(-c2cccc3[nH]c(-c4cccc(N5CCOCC5)c4)cc23)ccc1OC1CCOCC1.N#Cc1cccc(-c2cccc3[nH]c(-c4ccc(N5CCOCC5)cc4)cc23)c1. The molecule has 0 aliphatic carbocycles. The largest absolute Gasteiger partial charge is 0.489 e. The predicted molar refractivity (Wildman–Crippen MR) is 400 cm³/mol. The molecule has 512 valence electrons. The third-order valence-electron chi connectivity index (χ3n) is 19.7. The van der Waals surface area contributed by atoms with Crippen LogP contribution in [0, 0.1) is 39.8 Å². The number of H-pyrrole nitrogens is 3. The molecule has 8 heterocycles. The molecule has 0 spiro atoms. The minimum absolute atomic E-state index is 0.0670. The number of benzene rings is 9. The van der Waals surface area contributed by atoms with Crippen molar-refractivity contribution in [3.05, 3.63) is 223 Å². The van der Waals surface area contributed by atoms with Gasteiger partial charge >= 0.3 is 0 Å². The van der Waals surface area contributed by atoms with Crippen molar-refractivity contribution in [2.75, 3.05) is 120 Å². The minimum atomic E-state index is -0.239. The van der Waals surface area contributed by atoms with Crippen LogP contribution in [0.2, 0.25) is 0 Å². The van der Waals surface area contributed by atoms with E-state index in [1.54, 1.807) is 6.07 Å². The Labute approximate surface area is 592 Å². The number of rotatable bonds is 13. The van der Waals surface area contributed by atoms with Gasteiger partial charge in [0.2, 0.25) is 0 Å². The average molecular weight is 1360 g/mol. The summed E-state index contributed by atoms with van der Waals surface area (Å²) >= 11 is 0. The van der Waals surface area contributed by atoms with Gasteiger partial charge in [-0.3, -0.25) is 0 Å². The summed E-state index contributed by atoms with van der Waals surface area (Å²) < 4.78 is 54.5. The number of nitriles is 3. The molecule has 3 aromatic heterocycles. The van der Waals surface area contributed by atoms with Gasteiger partial charge in [0.1, 0.15) is 41.7 Å². The Morgan fingerprint density at radius 3 is 1.24 bits per heavy atom. The van der Waals surface area contributed by atoms with E-state index < -0.39 is 0 Å². The number of morpholine rings is 3. The molecule has 16 nitrogen and oxygen atoms in total. The Balaban J connectivity index is 0.000000125. The second-order valence-electron chi connectivity index (χ2n) is 26.1. The van der Waals surface area contributed by atoms with Gasteiger partial charge in [-0.15, -0.1) is 0 Å². The zero-order valence-corrected chi connectivity index (χ0v) is 56.8. The van der Waals surface area contributed by atoms with E-state index in [0.717, 1.165) is 178 Å². The highest BCUT2D eigenvalue weighted by atomic mass is 19.1. The fourth-order valence-corrected chi connectivity index (χ4v) is 14.3. The third kappa shape index (κ3) is 15.0. The van der Waals surface area contributed by atoms with Crippen molar-refractivity contribution in [3.63, 3.8) is 0 Å². The first-order valence-electron chi connectivity index (χ1n) is 35.2. The first kappa shape index (κ1) is 66.7. The Bertz CT molecular complexity index is 5070. The number of hydrogen-bond acceptors (Lipinski definition) is 13. The number of anilines is 3. The maximum Gasteiger partial charge on any atom is 0.147 e. The van der Waals surface area contributed by atoms with Crippen LogP contribution < -0.4 is 24.2 Å². The van der Waals surface area contributed by atoms with E-state index >= 15 is 4.39 Å². The van der Waals surface area contributed by atoms with Crippen LogP contribution in [0.25, 0.3) is 99.9 Å². The van der Waals surface area contributed by atoms with Crippen molar-refractivity contribution in [2.45, 2.75) is 37.9 Å². The Hall–Kier alpha value is -11.2. The molecule has 17 rings (SSSR count). The Morgan fingerprint density at radius 1 is 0.353 bits per heavy atom. The molecule has 5 aliphatic heterocycles. The molecule has 0 unspecified atom stereocenters. The van der Waals surface area contributed by atoms with E-state index in [2.05, 4.69) is 152 Å². The van der Waals surface area contributed by atoms with Crippen LogP contribution >= 0.6 is 0 Å². The molecule has 12 aromatic rings. The van der Waals surface area contributed by atoms with E-state index in [1.807, 2.05) is 89.8 Å². The summed E-state index contributed by atoms with van der Waals surface area (Å²) in [5.41, 5.74) is 20.3. The lowest BCUT2D eigenvalue weighted by atomic mass is 9.99. The maximum absolute atomic E-state index is 15.1. The van der Waals surface area contributed by atoms with E-state index in [4.69, 9.17) is 33.2 Å². The van der Waals surface area contributed by atoms with Gasteiger partial charge in [-0.1, -0.05) is 91.0 Å². The highest BCUT2D eigenvalue weighted by Gasteiger charge is 2.23. The lowest BCUT2D eigenvalue weighted by Gasteiger charge is -2.29. The molecule has 5 aliphatic rings. The zero-order valence-electron chi connectivity index (χ0n) is 56.8. The molecular formula is C85H78FN9O7. The molecular weight excluding hydrogens is 1280 g/mol. The second kappa shape index (κ2) is 31.1. The Kier molecular flexibility index (Phi) is 20.4. The normalized spacial score (nSPS) is 15.9. The summed E-state index contributed by atoms with van der Waals surface area (Å²) in [5.74, 6) is 1.02. The molecule has 17 heteroatoms. The second-order valence-corrected chi connectivity index (χ2v) is 26.1. The van der Waals surface area contributed by atoms with Gasteiger partial charge in [-0.2, -0.15) is 15.8 Å². The summed E-state index contributed by atoms with van der Waals surface area (Å²) in [6.45, 7) is 12.2. The van der Waals surface area contributed by atoms with Gasteiger partial charge in [0.25, 0.3) is 0 Å². The number of fused-ring (bicyclic) bond motifs is 3. The highest BCUT2D eigenvalue weighted by molar-refractivity contribution is 6.01. The topological polar surface area (TPSA) is 193 Å². The van der Waals surface area contributed by atoms with Crippen molar-refractivity contribution in [1.82, 2.24) is 15.0 Å². The molecule has 102 heavy (non-hydrogen) atoms. The number of nitrogens with zero attached hydrogens (tertiary/aromatic N) is 6. The number of hydrogen-bond donors (Lipinski definition) is 3. The van der Waals surface area contributed by atoms with Crippen molar-refractivity contribution in [2.24, 2.45) is 0 Å². The summed E-state index contributed by atoms with van der Waals surface area (Å²) in [6.07, 6.45) is 3.52. The van der Waals surface area contributed by atoms with Gasteiger partial charge in [0.15, 0.2) is 0 Å². The minimum Gasteiger partial charge on any atom is -0.489 e. The van der Waals surface area contributed by atoms with Crippen molar-refractivity contribution in [1.29, 1.82) is 15.8 Å². The molecule has 0 atom stereocenters. The summed E-state index contributed by atoms with van der Waals surface area (Å²) in [4.78, 5) is 17.3. The summed E-state index contributed by atoms with van der Waals surface area (Å²) in [7, 11) is 0. The van der Waals surface area contributed by atoms with E-state index in [-0.39, 0.29) is 18.0 Å². The van der Waals surface area contributed by atoms with Crippen molar-refractivity contribution in [3.8, 4) is 96.9 Å². The van der Waals surface area contributed by atoms with Gasteiger partial charge in [0, 0.05) is 137 Å². The van der Waals surface area contributed by atoms with E-state index in [1.165, 1.54) is 11.4 Å². The first-order valence-corrected chi connectivity index (χ1v) is 35.2. The van der Waals surface area contributed by atoms with Crippen LogP contribution in [-0.2, 0) is 23.7 Å². The highest BCUT2D eigenvalue weighted by Crippen LogP contribution is 2.40. The zero-order chi connectivity index (χ0) is 69.1. The number of ether oxygens (including phenoxy) is 7. The van der Waals surface area contributed by atoms with E-state index in [0.29, 0.717) is 86.6 Å². The molecule has 5 fully saturated rings. The smallest absolute Gasteiger partial charge is 0.147 e. The first-order chi connectivity index (χ1) is 50.3. The van der Waals surface area contributed by atoms with E-state index in [9.17, 15) is 15.8 Å². The fourth-order valence-electron chi connectivity index (χ4n) is 14.3.